The Bertz CT molecular complexity index is 649. The molecule has 0 aliphatic carbocycles. The number of amides is 1. The van der Waals surface area contributed by atoms with E-state index in [0.29, 0.717) is 19.1 Å². The number of carbonyl (C=O) groups excluding carboxylic acids is 1. The molecule has 2 N–H and O–H groups in total. The molecule has 0 spiro atoms. The highest BCUT2D eigenvalue weighted by molar-refractivity contribution is 14.0. The van der Waals surface area contributed by atoms with Gasteiger partial charge in [0.25, 0.3) is 0 Å². The summed E-state index contributed by atoms with van der Waals surface area (Å²) in [6.07, 6.45) is 4.67. The highest BCUT2D eigenvalue weighted by Crippen LogP contribution is 2.15. The lowest BCUT2D eigenvalue weighted by atomic mass is 10.1. The summed E-state index contributed by atoms with van der Waals surface area (Å²) in [5.74, 6) is 0.962. The minimum Gasteiger partial charge on any atom is -0.385 e. The smallest absolute Gasteiger partial charge is 0.224 e. The van der Waals surface area contributed by atoms with Crippen LogP contribution in [0, 0.1) is 0 Å². The van der Waals surface area contributed by atoms with E-state index in [2.05, 4.69) is 26.6 Å². The largest absolute Gasteiger partial charge is 0.385 e. The van der Waals surface area contributed by atoms with Crippen molar-refractivity contribution in [2.24, 2.45) is 4.99 Å². The topological polar surface area (TPSA) is 75.2 Å². The molecule has 170 valence electrons. The van der Waals surface area contributed by atoms with Gasteiger partial charge in [0.2, 0.25) is 5.91 Å². The summed E-state index contributed by atoms with van der Waals surface area (Å²) in [7, 11) is 3.53. The van der Waals surface area contributed by atoms with Gasteiger partial charge in [-0.3, -0.25) is 9.79 Å². The van der Waals surface area contributed by atoms with Crippen molar-refractivity contribution < 1.29 is 14.3 Å². The van der Waals surface area contributed by atoms with Gasteiger partial charge in [-0.2, -0.15) is 0 Å². The molecule has 0 unspecified atom stereocenters. The van der Waals surface area contributed by atoms with Gasteiger partial charge in [-0.1, -0.05) is 19.1 Å². The summed E-state index contributed by atoms with van der Waals surface area (Å²) in [5, 5.41) is 6.39. The second-order valence-electron chi connectivity index (χ2n) is 7.30. The van der Waals surface area contributed by atoms with Gasteiger partial charge in [-0.05, 0) is 43.4 Å². The second-order valence-corrected chi connectivity index (χ2v) is 7.30. The van der Waals surface area contributed by atoms with Crippen LogP contribution in [0.15, 0.2) is 29.3 Å². The number of halogens is 1. The molecule has 0 saturated carbocycles. The Morgan fingerprint density at radius 1 is 1.27 bits per heavy atom. The van der Waals surface area contributed by atoms with Crippen LogP contribution in [0.25, 0.3) is 0 Å². The number of carbonyl (C=O) groups is 1. The molecule has 2 rings (SSSR count). The van der Waals surface area contributed by atoms with Crippen molar-refractivity contribution in [2.45, 2.75) is 51.7 Å². The van der Waals surface area contributed by atoms with Crippen molar-refractivity contribution >= 4 is 41.5 Å². The summed E-state index contributed by atoms with van der Waals surface area (Å²) in [6, 6.07) is 7.95. The Morgan fingerprint density at radius 2 is 2.03 bits per heavy atom. The third-order valence-corrected chi connectivity index (χ3v) is 4.94. The van der Waals surface area contributed by atoms with E-state index in [1.807, 2.05) is 32.2 Å². The molecule has 30 heavy (non-hydrogen) atoms. The molecule has 1 aliphatic heterocycles. The molecule has 1 fully saturated rings. The zero-order valence-corrected chi connectivity index (χ0v) is 20.8. The molecule has 0 aromatic heterocycles. The van der Waals surface area contributed by atoms with Crippen LogP contribution in [0.5, 0.6) is 0 Å². The van der Waals surface area contributed by atoms with Crippen LogP contribution in [-0.2, 0) is 20.8 Å². The lowest BCUT2D eigenvalue weighted by Crippen LogP contribution is -2.46. The highest BCUT2D eigenvalue weighted by Gasteiger charge is 2.21. The van der Waals surface area contributed by atoms with Crippen LogP contribution in [0.4, 0.5) is 5.69 Å². The number of piperidine rings is 1. The number of hydrogen-bond donors (Lipinski definition) is 2. The number of nitrogens with one attached hydrogen (secondary N) is 2. The van der Waals surface area contributed by atoms with E-state index >= 15 is 0 Å². The Morgan fingerprint density at radius 3 is 2.70 bits per heavy atom. The van der Waals surface area contributed by atoms with Gasteiger partial charge in [0, 0.05) is 59.1 Å². The van der Waals surface area contributed by atoms with E-state index in [4.69, 9.17) is 9.47 Å². The summed E-state index contributed by atoms with van der Waals surface area (Å²) in [5.41, 5.74) is 1.95. The van der Waals surface area contributed by atoms with Gasteiger partial charge in [0.1, 0.15) is 0 Å². The van der Waals surface area contributed by atoms with Crippen LogP contribution < -0.4 is 10.6 Å². The van der Waals surface area contributed by atoms with Crippen molar-refractivity contribution in [2.75, 3.05) is 45.8 Å². The molecular weight excluding hydrogens is 495 g/mol. The van der Waals surface area contributed by atoms with Crippen LogP contribution in [0.3, 0.4) is 0 Å². The van der Waals surface area contributed by atoms with Crippen LogP contribution in [-0.4, -0.2) is 63.3 Å². The summed E-state index contributed by atoms with van der Waals surface area (Å²) in [6.45, 7) is 6.04. The normalized spacial score (nSPS) is 14.9. The van der Waals surface area contributed by atoms with Crippen LogP contribution in [0.2, 0.25) is 0 Å². The number of methoxy groups -OCH3 is 1. The molecule has 0 bridgehead atoms. The fraction of sp³-hybridized carbons (Fsp3) is 0.636. The molecule has 8 heteroatoms. The average molecular weight is 532 g/mol. The van der Waals surface area contributed by atoms with Gasteiger partial charge >= 0.3 is 0 Å². The molecule has 1 aromatic rings. The first kappa shape index (κ1) is 26.6. The summed E-state index contributed by atoms with van der Waals surface area (Å²) < 4.78 is 11.0. The van der Waals surface area contributed by atoms with Gasteiger partial charge in [0.05, 0.1) is 6.10 Å². The Kier molecular flexibility index (Phi) is 13.7. The van der Waals surface area contributed by atoms with Crippen molar-refractivity contribution in [1.82, 2.24) is 10.2 Å². The summed E-state index contributed by atoms with van der Waals surface area (Å²) in [4.78, 5) is 18.5. The first-order valence-corrected chi connectivity index (χ1v) is 10.6. The molecule has 7 nitrogen and oxygen atoms in total. The molecule has 1 amide bonds. The molecular formula is C22H37IN4O3. The van der Waals surface area contributed by atoms with Gasteiger partial charge in [0.15, 0.2) is 5.96 Å². The number of rotatable bonds is 10. The molecule has 1 aliphatic rings. The Labute approximate surface area is 198 Å². The Hall–Kier alpha value is -1.39. The lowest BCUT2D eigenvalue weighted by molar-refractivity contribution is -0.116. The number of nitrogens with zero attached hydrogens (tertiary/aromatic N) is 2. The predicted octanol–water partition coefficient (Wildman–Crippen LogP) is 3.64. The first-order chi connectivity index (χ1) is 14.2. The lowest BCUT2D eigenvalue weighted by Gasteiger charge is -2.34. The maximum absolute atomic E-state index is 11.8. The number of likely N-dealkylation sites (tertiary alicyclic amines) is 1. The minimum absolute atomic E-state index is 0. The molecule has 1 saturated heterocycles. The van der Waals surface area contributed by atoms with Crippen molar-refractivity contribution in [1.29, 1.82) is 0 Å². The predicted molar refractivity (Wildman–Crippen MR) is 133 cm³/mol. The number of guanidine groups is 1. The minimum atomic E-state index is 0. The molecule has 0 radical (unpaired) electrons. The average Bonchev–Trinajstić information content (AvgIpc) is 2.73. The van der Waals surface area contributed by atoms with Gasteiger partial charge < -0.3 is 25.0 Å². The maximum Gasteiger partial charge on any atom is 0.224 e. The standard InChI is InChI=1S/C22H36N4O3.HI/c1-4-7-21(27)25-19-9-5-8-18(16-19)17-24-22(23-2)26-12-10-20(11-13-26)29-15-6-14-28-3;/h5,8-9,16,20H,4,6-7,10-15,17H2,1-3H3,(H,23,24)(H,25,27);1H. The monoisotopic (exact) mass is 532 g/mol. The van der Waals surface area contributed by atoms with E-state index in [9.17, 15) is 4.79 Å². The quantitative estimate of drug-likeness (QED) is 0.208. The van der Waals surface area contributed by atoms with Gasteiger partial charge in [-0.15, -0.1) is 24.0 Å². The third-order valence-electron chi connectivity index (χ3n) is 4.94. The SMILES string of the molecule is CCCC(=O)Nc1cccc(CNC(=NC)N2CCC(OCCCOC)CC2)c1.I. The van der Waals surface area contributed by atoms with Crippen LogP contribution in [0.1, 0.15) is 44.6 Å². The second kappa shape index (κ2) is 15.4. The number of anilines is 1. The van der Waals surface area contributed by atoms with E-state index < -0.39 is 0 Å². The number of hydrogen-bond acceptors (Lipinski definition) is 4. The zero-order valence-electron chi connectivity index (χ0n) is 18.5. The summed E-state index contributed by atoms with van der Waals surface area (Å²) >= 11 is 0. The molecule has 1 aromatic carbocycles. The van der Waals surface area contributed by atoms with E-state index in [-0.39, 0.29) is 29.9 Å². The van der Waals surface area contributed by atoms with Crippen molar-refractivity contribution in [3.8, 4) is 0 Å². The number of benzene rings is 1. The highest BCUT2D eigenvalue weighted by atomic mass is 127. The van der Waals surface area contributed by atoms with Crippen LogP contribution >= 0.6 is 24.0 Å². The fourth-order valence-electron chi connectivity index (χ4n) is 3.41. The number of aliphatic imine (C=N–C) groups is 1. The van der Waals surface area contributed by atoms with E-state index in [1.165, 1.54) is 0 Å². The van der Waals surface area contributed by atoms with Gasteiger partial charge in [-0.25, -0.2) is 0 Å². The fourth-order valence-corrected chi connectivity index (χ4v) is 3.41. The van der Waals surface area contributed by atoms with Crippen molar-refractivity contribution in [3.63, 3.8) is 0 Å². The maximum atomic E-state index is 11.8. The van der Waals surface area contributed by atoms with Crippen molar-refractivity contribution in [3.05, 3.63) is 29.8 Å². The number of ether oxygens (including phenoxy) is 2. The molecule has 1 heterocycles. The zero-order chi connectivity index (χ0) is 20.9. The first-order valence-electron chi connectivity index (χ1n) is 10.6. The third kappa shape index (κ3) is 9.61. The van der Waals surface area contributed by atoms with E-state index in [1.54, 1.807) is 7.11 Å². The molecule has 0 atom stereocenters. The van der Waals surface area contributed by atoms with E-state index in [0.717, 1.165) is 69.2 Å². The Balaban J connectivity index is 0.00000450.